The molecule has 1 saturated heterocycles. The molecule has 0 aromatic heterocycles. The van der Waals surface area contributed by atoms with Crippen molar-refractivity contribution in [1.29, 1.82) is 0 Å². The van der Waals surface area contributed by atoms with Gasteiger partial charge in [0.2, 0.25) is 5.91 Å². The summed E-state index contributed by atoms with van der Waals surface area (Å²) in [6, 6.07) is 5.60. The Kier molecular flexibility index (Phi) is 5.89. The third-order valence-electron chi connectivity index (χ3n) is 5.09. The molecule has 3 rings (SSSR count). The molecule has 5 nitrogen and oxygen atoms in total. The highest BCUT2D eigenvalue weighted by molar-refractivity contribution is 5.82. The topological polar surface area (TPSA) is 58.6 Å². The zero-order valence-electron chi connectivity index (χ0n) is 14.4. The van der Waals surface area contributed by atoms with E-state index in [9.17, 15) is 14.0 Å². The predicted octanol–water partition coefficient (Wildman–Crippen LogP) is 2.50. The lowest BCUT2D eigenvalue weighted by molar-refractivity contribution is -0.138. The van der Waals surface area contributed by atoms with E-state index in [-0.39, 0.29) is 36.2 Å². The molecular formula is C19H25FN2O3. The fourth-order valence-corrected chi connectivity index (χ4v) is 3.78. The third kappa shape index (κ3) is 4.50. The van der Waals surface area contributed by atoms with Gasteiger partial charge in [-0.15, -0.1) is 0 Å². The lowest BCUT2D eigenvalue weighted by Gasteiger charge is -2.33. The van der Waals surface area contributed by atoms with Gasteiger partial charge in [0.1, 0.15) is 11.6 Å². The second-order valence-corrected chi connectivity index (χ2v) is 6.79. The number of amides is 2. The first-order chi connectivity index (χ1) is 12.1. The smallest absolute Gasteiger partial charge is 0.260 e. The van der Waals surface area contributed by atoms with Gasteiger partial charge in [0.25, 0.3) is 5.91 Å². The molecule has 2 atom stereocenters. The normalized spacial score (nSPS) is 24.4. The predicted molar refractivity (Wildman–Crippen MR) is 91.6 cm³/mol. The minimum atomic E-state index is -0.338. The molecule has 2 fully saturated rings. The molecule has 0 spiro atoms. The van der Waals surface area contributed by atoms with E-state index in [1.54, 1.807) is 0 Å². The van der Waals surface area contributed by atoms with E-state index in [2.05, 4.69) is 5.32 Å². The molecule has 1 aliphatic heterocycles. The van der Waals surface area contributed by atoms with Crippen LogP contribution in [-0.2, 0) is 9.59 Å². The maximum absolute atomic E-state index is 12.9. The van der Waals surface area contributed by atoms with Gasteiger partial charge in [-0.25, -0.2) is 4.39 Å². The van der Waals surface area contributed by atoms with E-state index in [1.807, 2.05) is 4.90 Å². The third-order valence-corrected chi connectivity index (χ3v) is 5.09. The molecule has 25 heavy (non-hydrogen) atoms. The Morgan fingerprint density at radius 3 is 2.76 bits per heavy atom. The number of hydrogen-bond acceptors (Lipinski definition) is 3. The Balaban J connectivity index is 1.66. The van der Waals surface area contributed by atoms with Gasteiger partial charge < -0.3 is 15.0 Å². The van der Waals surface area contributed by atoms with Crippen molar-refractivity contribution in [2.45, 2.75) is 44.6 Å². The molecule has 1 aromatic rings. The van der Waals surface area contributed by atoms with Gasteiger partial charge in [-0.1, -0.05) is 6.42 Å². The summed E-state index contributed by atoms with van der Waals surface area (Å²) >= 11 is 0. The molecule has 2 aliphatic rings. The van der Waals surface area contributed by atoms with Gasteiger partial charge in [0.05, 0.1) is 5.92 Å². The Labute approximate surface area is 147 Å². The first-order valence-electron chi connectivity index (χ1n) is 9.11. The van der Waals surface area contributed by atoms with E-state index in [1.165, 1.54) is 24.3 Å². The summed E-state index contributed by atoms with van der Waals surface area (Å²) in [7, 11) is 0. The molecule has 0 radical (unpaired) electrons. The monoisotopic (exact) mass is 348 g/mol. The maximum atomic E-state index is 12.9. The Morgan fingerprint density at radius 2 is 1.96 bits per heavy atom. The number of ether oxygens (including phenoxy) is 1. The van der Waals surface area contributed by atoms with Crippen molar-refractivity contribution in [1.82, 2.24) is 10.2 Å². The van der Waals surface area contributed by atoms with Crippen molar-refractivity contribution in [2.75, 3.05) is 19.7 Å². The van der Waals surface area contributed by atoms with Gasteiger partial charge in [-0.2, -0.15) is 0 Å². The van der Waals surface area contributed by atoms with Gasteiger partial charge in [0.15, 0.2) is 6.61 Å². The van der Waals surface area contributed by atoms with Gasteiger partial charge in [-0.3, -0.25) is 9.59 Å². The number of rotatable bonds is 3. The summed E-state index contributed by atoms with van der Waals surface area (Å²) in [5, 5.41) is 3.00. The summed E-state index contributed by atoms with van der Waals surface area (Å²) in [6.45, 7) is 1.31. The molecule has 1 aromatic carbocycles. The SMILES string of the molecule is O=C1NCCCCCN(C(=O)COc2ccc(F)cc2)[C@H]2CCC[C@@H]12. The highest BCUT2D eigenvalue weighted by Gasteiger charge is 2.38. The fraction of sp³-hybridized carbons (Fsp3) is 0.579. The standard InChI is InChI=1S/C19H25FN2O3/c20-14-7-9-15(10-8-14)25-13-18(23)22-12-3-1-2-11-21-19(24)16-5-4-6-17(16)22/h7-10,16-17H,1-6,11-13H2,(H,21,24)/t16-,17+/m1/s1. The minimum absolute atomic E-state index is 0.0394. The average Bonchev–Trinajstić information content (AvgIpc) is 3.09. The van der Waals surface area contributed by atoms with E-state index in [0.29, 0.717) is 12.3 Å². The Hall–Kier alpha value is -2.11. The Bertz CT molecular complexity index is 605. The van der Waals surface area contributed by atoms with Gasteiger partial charge in [-0.05, 0) is 56.4 Å². The van der Waals surface area contributed by atoms with Crippen LogP contribution in [0.15, 0.2) is 24.3 Å². The van der Waals surface area contributed by atoms with Crippen molar-refractivity contribution in [3.8, 4) is 5.75 Å². The second kappa shape index (κ2) is 8.32. The molecule has 1 heterocycles. The summed E-state index contributed by atoms with van der Waals surface area (Å²) < 4.78 is 18.5. The molecule has 0 bridgehead atoms. The summed E-state index contributed by atoms with van der Waals surface area (Å²) in [5.74, 6) is -0.0183. The van der Waals surface area contributed by atoms with Crippen molar-refractivity contribution in [2.24, 2.45) is 5.92 Å². The number of nitrogens with one attached hydrogen (secondary N) is 1. The van der Waals surface area contributed by atoms with Crippen LogP contribution in [0.2, 0.25) is 0 Å². The number of benzene rings is 1. The van der Waals surface area contributed by atoms with Crippen LogP contribution in [0, 0.1) is 11.7 Å². The van der Waals surface area contributed by atoms with Crippen molar-refractivity contribution < 1.29 is 18.7 Å². The summed E-state index contributed by atoms with van der Waals surface area (Å²) in [4.78, 5) is 27.0. The van der Waals surface area contributed by atoms with Crippen LogP contribution in [0.4, 0.5) is 4.39 Å². The average molecular weight is 348 g/mol. The largest absolute Gasteiger partial charge is 0.484 e. The lowest BCUT2D eigenvalue weighted by atomic mass is 9.99. The lowest BCUT2D eigenvalue weighted by Crippen LogP contribution is -2.49. The fourth-order valence-electron chi connectivity index (χ4n) is 3.78. The maximum Gasteiger partial charge on any atom is 0.260 e. The first-order valence-corrected chi connectivity index (χ1v) is 9.11. The zero-order valence-corrected chi connectivity index (χ0v) is 14.4. The highest BCUT2D eigenvalue weighted by Crippen LogP contribution is 2.31. The van der Waals surface area contributed by atoms with Gasteiger partial charge >= 0.3 is 0 Å². The number of carbonyl (C=O) groups excluding carboxylic acids is 2. The number of carbonyl (C=O) groups is 2. The van der Waals surface area contributed by atoms with Crippen LogP contribution in [0.25, 0.3) is 0 Å². The van der Waals surface area contributed by atoms with Crippen molar-refractivity contribution in [3.05, 3.63) is 30.1 Å². The number of nitrogens with zero attached hydrogens (tertiary/aromatic N) is 1. The van der Waals surface area contributed by atoms with Gasteiger partial charge in [0, 0.05) is 19.1 Å². The minimum Gasteiger partial charge on any atom is -0.484 e. The molecule has 1 aliphatic carbocycles. The molecule has 0 unspecified atom stereocenters. The van der Waals surface area contributed by atoms with Crippen LogP contribution in [-0.4, -0.2) is 42.5 Å². The zero-order chi connectivity index (χ0) is 17.6. The second-order valence-electron chi connectivity index (χ2n) is 6.79. The van der Waals surface area contributed by atoms with Crippen LogP contribution in [0.3, 0.4) is 0 Å². The van der Waals surface area contributed by atoms with Crippen molar-refractivity contribution >= 4 is 11.8 Å². The summed E-state index contributed by atoms with van der Waals surface area (Å²) in [5.41, 5.74) is 0. The molecule has 6 heteroatoms. The molecule has 1 N–H and O–H groups in total. The number of hydrogen-bond donors (Lipinski definition) is 1. The summed E-state index contributed by atoms with van der Waals surface area (Å²) in [6.07, 6.45) is 5.52. The number of fused-ring (bicyclic) bond motifs is 1. The molecule has 2 amide bonds. The van der Waals surface area contributed by atoms with Crippen molar-refractivity contribution in [3.63, 3.8) is 0 Å². The van der Waals surface area contributed by atoms with E-state index >= 15 is 0 Å². The Morgan fingerprint density at radius 1 is 1.16 bits per heavy atom. The molecular weight excluding hydrogens is 323 g/mol. The van der Waals surface area contributed by atoms with Crippen LogP contribution in [0.5, 0.6) is 5.75 Å². The van der Waals surface area contributed by atoms with E-state index in [4.69, 9.17) is 4.74 Å². The van der Waals surface area contributed by atoms with Crippen LogP contribution >= 0.6 is 0 Å². The quantitative estimate of drug-likeness (QED) is 0.913. The molecule has 1 saturated carbocycles. The van der Waals surface area contributed by atoms with E-state index in [0.717, 1.165) is 45.1 Å². The van der Waals surface area contributed by atoms with Crippen LogP contribution < -0.4 is 10.1 Å². The highest BCUT2D eigenvalue weighted by atomic mass is 19.1. The van der Waals surface area contributed by atoms with E-state index < -0.39 is 0 Å². The first kappa shape index (κ1) is 17.7. The van der Waals surface area contributed by atoms with Crippen LogP contribution in [0.1, 0.15) is 38.5 Å². The molecule has 136 valence electrons. The number of halogens is 1.